The van der Waals surface area contributed by atoms with Gasteiger partial charge in [0.2, 0.25) is 0 Å². The predicted molar refractivity (Wildman–Crippen MR) is 97.9 cm³/mol. The van der Waals surface area contributed by atoms with Crippen LogP contribution in [0.15, 0.2) is 58.7 Å². The molecule has 3 rings (SSSR count). The summed E-state index contributed by atoms with van der Waals surface area (Å²) < 4.78 is 6.03. The van der Waals surface area contributed by atoms with E-state index in [-0.39, 0.29) is 49.8 Å². The van der Waals surface area contributed by atoms with Crippen LogP contribution in [-0.2, 0) is 4.74 Å². The Bertz CT molecular complexity index is 560. The molecular weight excluding hydrogens is 310 g/mol. The van der Waals surface area contributed by atoms with Gasteiger partial charge in [0.15, 0.2) is 0 Å². The average Bonchev–Trinajstić information content (AvgIpc) is 2.65. The number of piperidine rings is 1. The average molecular weight is 336 g/mol. The molecule has 2 nitrogen and oxygen atoms in total. The fourth-order valence-electron chi connectivity index (χ4n) is 3.52. The molecule has 118 valence electrons. The van der Waals surface area contributed by atoms with Crippen LogP contribution in [0, 0.1) is 19.8 Å². The fraction of sp³-hybridized carbons (Fsp3) is 0.400. The van der Waals surface area contributed by atoms with Crippen molar-refractivity contribution in [2.45, 2.75) is 25.4 Å². The van der Waals surface area contributed by atoms with Gasteiger partial charge in [-0.2, -0.15) is 6.42 Å². The summed E-state index contributed by atoms with van der Waals surface area (Å²) in [5, 5.41) is 3.45. The molecule has 0 spiro atoms. The summed E-state index contributed by atoms with van der Waals surface area (Å²) in [6, 6.07) is 0. The Morgan fingerprint density at radius 3 is 2.48 bits per heavy atom. The summed E-state index contributed by atoms with van der Waals surface area (Å²) in [7, 11) is 0. The van der Waals surface area contributed by atoms with Crippen molar-refractivity contribution < 1.29 is 4.74 Å². The molecule has 1 N–H and O–H groups in total. The standard InChI is InChI=1S/C20H25NO.Ca/c1-3-18-15(2)22-14-17-8-6-4-5-7-9-19(17)20(18)16-10-12-21-13-11-16;/h4-9,15,18,21H,1-3,10-14H2;/q-2;+2/b5-4-,6-4?,7-5?,8-6-,9-7-,17-8?,19-9?;. The summed E-state index contributed by atoms with van der Waals surface area (Å²) in [6.07, 6.45) is 15.8. The van der Waals surface area contributed by atoms with E-state index >= 15 is 0 Å². The van der Waals surface area contributed by atoms with Crippen LogP contribution in [0.25, 0.3) is 0 Å². The Morgan fingerprint density at radius 2 is 1.78 bits per heavy atom. The molecule has 1 saturated heterocycles. The second kappa shape index (κ2) is 9.39. The Kier molecular flexibility index (Phi) is 7.84. The van der Waals surface area contributed by atoms with Crippen molar-refractivity contribution in [3.8, 4) is 0 Å². The first-order valence-electron chi connectivity index (χ1n) is 8.22. The van der Waals surface area contributed by atoms with E-state index in [1.54, 1.807) is 5.57 Å². The second-order valence-electron chi connectivity index (χ2n) is 6.05. The van der Waals surface area contributed by atoms with Crippen molar-refractivity contribution in [2.24, 2.45) is 5.92 Å². The van der Waals surface area contributed by atoms with Crippen LogP contribution in [0.5, 0.6) is 0 Å². The zero-order valence-electron chi connectivity index (χ0n) is 13.9. The van der Waals surface area contributed by atoms with Crippen molar-refractivity contribution >= 4 is 37.7 Å². The van der Waals surface area contributed by atoms with Gasteiger partial charge in [-0.3, -0.25) is 0 Å². The van der Waals surface area contributed by atoms with Crippen LogP contribution in [0.3, 0.4) is 0 Å². The minimum atomic E-state index is -0.0297. The number of nitrogens with one attached hydrogen (secondary N) is 1. The van der Waals surface area contributed by atoms with Crippen LogP contribution in [0.1, 0.15) is 19.3 Å². The number of hydrogen-bond acceptors (Lipinski definition) is 2. The third-order valence-electron chi connectivity index (χ3n) is 4.70. The number of ether oxygens (including phenoxy) is 1. The van der Waals surface area contributed by atoms with Crippen molar-refractivity contribution in [1.29, 1.82) is 0 Å². The first-order chi connectivity index (χ1) is 10.8. The van der Waals surface area contributed by atoms with Crippen molar-refractivity contribution in [3.63, 3.8) is 0 Å². The minimum Gasteiger partial charge on any atom is -0.405 e. The Morgan fingerprint density at radius 1 is 1.09 bits per heavy atom. The van der Waals surface area contributed by atoms with Gasteiger partial charge >= 0.3 is 37.7 Å². The van der Waals surface area contributed by atoms with Gasteiger partial charge in [-0.05, 0) is 48.6 Å². The monoisotopic (exact) mass is 335 g/mol. The molecule has 1 fully saturated rings. The molecular formula is C20H25CaNO. The largest absolute Gasteiger partial charge is 2.00 e. The Labute approximate surface area is 170 Å². The van der Waals surface area contributed by atoms with Gasteiger partial charge in [-0.15, -0.1) is 0 Å². The molecule has 2 unspecified atom stereocenters. The van der Waals surface area contributed by atoms with E-state index in [1.165, 1.54) is 16.7 Å². The molecule has 0 bridgehead atoms. The SMILES string of the molecule is [CH2-]CC1C(=C2CCNCC2)C2=C(\C=C/C=C\C=C/2)COC1[CH2-].[Ca+2]. The van der Waals surface area contributed by atoms with Crippen LogP contribution in [0.4, 0.5) is 0 Å². The number of rotatable bonds is 1. The molecule has 0 radical (unpaired) electrons. The third-order valence-corrected chi connectivity index (χ3v) is 4.70. The number of allylic oxidation sites excluding steroid dienone is 6. The van der Waals surface area contributed by atoms with Gasteiger partial charge in [-0.1, -0.05) is 48.1 Å². The fourth-order valence-corrected chi connectivity index (χ4v) is 3.52. The van der Waals surface area contributed by atoms with Gasteiger partial charge in [0.25, 0.3) is 0 Å². The summed E-state index contributed by atoms with van der Waals surface area (Å²) in [5.41, 5.74) is 5.59. The quantitative estimate of drug-likeness (QED) is 0.586. The van der Waals surface area contributed by atoms with E-state index in [4.69, 9.17) is 4.74 Å². The molecule has 0 aromatic carbocycles. The van der Waals surface area contributed by atoms with Crippen LogP contribution < -0.4 is 5.32 Å². The molecule has 3 aliphatic rings. The van der Waals surface area contributed by atoms with Crippen LogP contribution in [0.2, 0.25) is 0 Å². The van der Waals surface area contributed by atoms with Crippen molar-refractivity contribution in [3.05, 3.63) is 72.6 Å². The Balaban J connectivity index is 0.00000192. The second-order valence-corrected chi connectivity index (χ2v) is 6.05. The molecule has 2 heterocycles. The molecule has 3 heteroatoms. The summed E-state index contributed by atoms with van der Waals surface area (Å²) in [6.45, 7) is 11.2. The summed E-state index contributed by atoms with van der Waals surface area (Å²) in [4.78, 5) is 0. The van der Waals surface area contributed by atoms with E-state index in [1.807, 2.05) is 0 Å². The van der Waals surface area contributed by atoms with Gasteiger partial charge in [0, 0.05) is 0 Å². The zero-order valence-corrected chi connectivity index (χ0v) is 16.1. The van der Waals surface area contributed by atoms with Crippen molar-refractivity contribution in [1.82, 2.24) is 5.32 Å². The molecule has 0 aromatic rings. The normalized spacial score (nSPS) is 32.1. The molecule has 0 saturated carbocycles. The molecule has 23 heavy (non-hydrogen) atoms. The first-order valence-corrected chi connectivity index (χ1v) is 8.22. The van der Waals surface area contributed by atoms with E-state index in [0.717, 1.165) is 32.4 Å². The topological polar surface area (TPSA) is 21.3 Å². The molecule has 2 aliphatic heterocycles. The molecule has 1 aliphatic carbocycles. The molecule has 2 atom stereocenters. The maximum absolute atomic E-state index is 6.03. The molecule has 0 amide bonds. The van der Waals surface area contributed by atoms with E-state index < -0.39 is 0 Å². The Hall–Kier alpha value is -0.120. The van der Waals surface area contributed by atoms with E-state index in [9.17, 15) is 0 Å². The van der Waals surface area contributed by atoms with Gasteiger partial charge in [-0.25, -0.2) is 0 Å². The first kappa shape index (κ1) is 19.2. The van der Waals surface area contributed by atoms with Crippen molar-refractivity contribution in [2.75, 3.05) is 19.7 Å². The molecule has 0 aromatic heterocycles. The number of hydrogen-bond donors (Lipinski definition) is 1. The minimum absolute atomic E-state index is 0. The summed E-state index contributed by atoms with van der Waals surface area (Å²) in [5.74, 6) is 0.280. The maximum Gasteiger partial charge on any atom is 2.00 e. The smallest absolute Gasteiger partial charge is 0.405 e. The zero-order chi connectivity index (χ0) is 15.4. The third kappa shape index (κ3) is 4.49. The van der Waals surface area contributed by atoms with Gasteiger partial charge in [0.05, 0.1) is 6.61 Å². The van der Waals surface area contributed by atoms with Gasteiger partial charge < -0.3 is 23.9 Å². The van der Waals surface area contributed by atoms with Crippen LogP contribution >= 0.6 is 0 Å². The van der Waals surface area contributed by atoms with E-state index in [0.29, 0.717) is 6.61 Å². The van der Waals surface area contributed by atoms with Crippen LogP contribution in [-0.4, -0.2) is 63.5 Å². The van der Waals surface area contributed by atoms with E-state index in [2.05, 4.69) is 55.6 Å². The predicted octanol–water partition coefficient (Wildman–Crippen LogP) is 3.34. The summed E-state index contributed by atoms with van der Waals surface area (Å²) >= 11 is 0. The maximum atomic E-state index is 6.03. The van der Waals surface area contributed by atoms with Gasteiger partial charge in [0.1, 0.15) is 0 Å².